The van der Waals surface area contributed by atoms with Crippen LogP contribution in [0.3, 0.4) is 0 Å². The molecule has 1 aliphatic rings. The third-order valence-corrected chi connectivity index (χ3v) is 2.90. The van der Waals surface area contributed by atoms with Crippen LogP contribution >= 0.6 is 0 Å². The lowest BCUT2D eigenvalue weighted by Crippen LogP contribution is -2.56. The monoisotopic (exact) mass is 253 g/mol. The van der Waals surface area contributed by atoms with E-state index in [1.165, 1.54) is 4.90 Å². The van der Waals surface area contributed by atoms with Gasteiger partial charge < -0.3 is 15.5 Å². The van der Waals surface area contributed by atoms with Crippen LogP contribution in [0.1, 0.15) is 12.8 Å². The number of halogens is 3. The zero-order valence-corrected chi connectivity index (χ0v) is 9.83. The molecule has 2 N–H and O–H groups in total. The minimum absolute atomic E-state index is 0.172. The van der Waals surface area contributed by atoms with E-state index < -0.39 is 24.9 Å². The summed E-state index contributed by atoms with van der Waals surface area (Å²) in [6.45, 7) is 2.03. The summed E-state index contributed by atoms with van der Waals surface area (Å²) in [7, 11) is 1.90. The Bertz CT molecular complexity index is 270. The van der Waals surface area contributed by atoms with E-state index in [-0.39, 0.29) is 12.6 Å². The van der Waals surface area contributed by atoms with Gasteiger partial charge in [-0.3, -0.25) is 4.79 Å². The van der Waals surface area contributed by atoms with E-state index in [4.69, 9.17) is 5.73 Å². The molecule has 1 fully saturated rings. The highest BCUT2D eigenvalue weighted by molar-refractivity contribution is 5.76. The van der Waals surface area contributed by atoms with Crippen LogP contribution in [0.15, 0.2) is 0 Å². The average molecular weight is 253 g/mol. The normalized spacial score (nSPS) is 22.9. The fourth-order valence-electron chi connectivity index (χ4n) is 1.93. The Labute approximate surface area is 98.5 Å². The number of nitrogens with zero attached hydrogens (tertiary/aromatic N) is 2. The van der Waals surface area contributed by atoms with Gasteiger partial charge in [0, 0.05) is 32.6 Å². The quantitative estimate of drug-likeness (QED) is 0.793. The van der Waals surface area contributed by atoms with E-state index in [9.17, 15) is 18.0 Å². The van der Waals surface area contributed by atoms with E-state index in [1.54, 1.807) is 0 Å². The molecule has 1 rings (SSSR count). The lowest BCUT2D eigenvalue weighted by atomic mass is 10.1. The Morgan fingerprint density at radius 3 is 2.59 bits per heavy atom. The fourth-order valence-corrected chi connectivity index (χ4v) is 1.93. The molecule has 1 aliphatic heterocycles. The van der Waals surface area contributed by atoms with Gasteiger partial charge in [0.05, 0.1) is 12.5 Å². The molecule has 0 saturated carbocycles. The SMILES string of the molecule is CN1CCN(C(=O)CCC(F)(F)F)[C@H](CN)C1. The van der Waals surface area contributed by atoms with Crippen molar-refractivity contribution in [3.63, 3.8) is 0 Å². The molecule has 0 bridgehead atoms. The molecule has 1 amide bonds. The molecular formula is C10H18F3N3O. The first-order valence-corrected chi connectivity index (χ1v) is 5.58. The molecule has 0 radical (unpaired) electrons. The van der Waals surface area contributed by atoms with E-state index in [2.05, 4.69) is 0 Å². The maximum absolute atomic E-state index is 12.0. The summed E-state index contributed by atoms with van der Waals surface area (Å²) in [6.07, 6.45) is -5.82. The minimum atomic E-state index is -4.28. The number of carbonyl (C=O) groups excluding carboxylic acids is 1. The summed E-state index contributed by atoms with van der Waals surface area (Å²) in [5.41, 5.74) is 5.53. The molecular weight excluding hydrogens is 235 g/mol. The number of likely N-dealkylation sites (N-methyl/N-ethyl adjacent to an activating group) is 1. The Morgan fingerprint density at radius 2 is 2.06 bits per heavy atom. The fraction of sp³-hybridized carbons (Fsp3) is 0.900. The molecule has 100 valence electrons. The maximum Gasteiger partial charge on any atom is 0.389 e. The van der Waals surface area contributed by atoms with E-state index in [0.29, 0.717) is 19.6 Å². The molecule has 0 spiro atoms. The molecule has 1 saturated heterocycles. The van der Waals surface area contributed by atoms with E-state index in [1.807, 2.05) is 11.9 Å². The molecule has 0 aromatic rings. The van der Waals surface area contributed by atoms with Crippen molar-refractivity contribution in [2.24, 2.45) is 5.73 Å². The van der Waals surface area contributed by atoms with Gasteiger partial charge in [0.25, 0.3) is 0 Å². The van der Waals surface area contributed by atoms with Crippen molar-refractivity contribution in [2.75, 3.05) is 33.2 Å². The third-order valence-electron chi connectivity index (χ3n) is 2.90. The van der Waals surface area contributed by atoms with Crippen LogP contribution in [-0.4, -0.2) is 61.2 Å². The van der Waals surface area contributed by atoms with Crippen LogP contribution in [0.2, 0.25) is 0 Å². The largest absolute Gasteiger partial charge is 0.389 e. The summed E-state index contributed by atoms with van der Waals surface area (Å²) in [5, 5.41) is 0. The predicted molar refractivity (Wildman–Crippen MR) is 57.3 cm³/mol. The average Bonchev–Trinajstić information content (AvgIpc) is 2.24. The Balaban J connectivity index is 2.50. The van der Waals surface area contributed by atoms with Gasteiger partial charge >= 0.3 is 6.18 Å². The van der Waals surface area contributed by atoms with Crippen LogP contribution in [-0.2, 0) is 4.79 Å². The van der Waals surface area contributed by atoms with Crippen LogP contribution in [0.5, 0.6) is 0 Å². The molecule has 0 aliphatic carbocycles. The standard InChI is InChI=1S/C10H18F3N3O/c1-15-4-5-16(8(6-14)7-15)9(17)2-3-10(11,12)13/h8H,2-7,14H2,1H3/t8-/m1/s1. The lowest BCUT2D eigenvalue weighted by Gasteiger charge is -2.39. The first-order chi connectivity index (χ1) is 7.83. The maximum atomic E-state index is 12.0. The number of hydrogen-bond acceptors (Lipinski definition) is 3. The Hall–Kier alpha value is -0.820. The Morgan fingerprint density at radius 1 is 1.41 bits per heavy atom. The van der Waals surface area contributed by atoms with Gasteiger partial charge in [-0.05, 0) is 7.05 Å². The van der Waals surface area contributed by atoms with Gasteiger partial charge in [-0.1, -0.05) is 0 Å². The van der Waals surface area contributed by atoms with Crippen LogP contribution in [0.4, 0.5) is 13.2 Å². The summed E-state index contributed by atoms with van der Waals surface area (Å²) in [4.78, 5) is 15.2. The van der Waals surface area contributed by atoms with Gasteiger partial charge in [-0.25, -0.2) is 0 Å². The molecule has 0 aromatic heterocycles. The van der Waals surface area contributed by atoms with Crippen molar-refractivity contribution in [3.05, 3.63) is 0 Å². The second-order valence-corrected chi connectivity index (χ2v) is 4.35. The summed E-state index contributed by atoms with van der Waals surface area (Å²) < 4.78 is 36.1. The first-order valence-electron chi connectivity index (χ1n) is 5.58. The zero-order valence-electron chi connectivity index (χ0n) is 9.83. The second kappa shape index (κ2) is 5.68. The summed E-state index contributed by atoms with van der Waals surface area (Å²) in [5.74, 6) is -0.453. The lowest BCUT2D eigenvalue weighted by molar-refractivity contribution is -0.151. The number of rotatable bonds is 3. The number of alkyl halides is 3. The van der Waals surface area contributed by atoms with Crippen molar-refractivity contribution < 1.29 is 18.0 Å². The highest BCUT2D eigenvalue weighted by Gasteiger charge is 2.32. The predicted octanol–water partition coefficient (Wildman–Crippen LogP) is 0.430. The summed E-state index contributed by atoms with van der Waals surface area (Å²) >= 11 is 0. The topological polar surface area (TPSA) is 49.6 Å². The number of carbonyl (C=O) groups is 1. The highest BCUT2D eigenvalue weighted by atomic mass is 19.4. The molecule has 0 unspecified atom stereocenters. The molecule has 17 heavy (non-hydrogen) atoms. The molecule has 0 aromatic carbocycles. The second-order valence-electron chi connectivity index (χ2n) is 4.35. The Kier molecular flexibility index (Phi) is 4.76. The van der Waals surface area contributed by atoms with E-state index >= 15 is 0 Å². The highest BCUT2D eigenvalue weighted by Crippen LogP contribution is 2.22. The third kappa shape index (κ3) is 4.51. The minimum Gasteiger partial charge on any atom is -0.336 e. The van der Waals surface area contributed by atoms with Gasteiger partial charge in [0.1, 0.15) is 0 Å². The zero-order chi connectivity index (χ0) is 13.1. The number of amides is 1. The van der Waals surface area contributed by atoms with Gasteiger partial charge in [-0.15, -0.1) is 0 Å². The summed E-state index contributed by atoms with van der Waals surface area (Å²) in [6, 6.07) is -0.172. The van der Waals surface area contributed by atoms with Crippen LogP contribution < -0.4 is 5.73 Å². The van der Waals surface area contributed by atoms with Crippen molar-refractivity contribution in [1.82, 2.24) is 9.80 Å². The molecule has 7 heteroatoms. The molecule has 1 heterocycles. The van der Waals surface area contributed by atoms with E-state index in [0.717, 1.165) is 0 Å². The van der Waals surface area contributed by atoms with Gasteiger partial charge in [-0.2, -0.15) is 13.2 Å². The van der Waals surface area contributed by atoms with Crippen molar-refractivity contribution in [3.8, 4) is 0 Å². The van der Waals surface area contributed by atoms with Crippen LogP contribution in [0, 0.1) is 0 Å². The van der Waals surface area contributed by atoms with Gasteiger partial charge in [0.2, 0.25) is 5.91 Å². The van der Waals surface area contributed by atoms with Crippen molar-refractivity contribution in [1.29, 1.82) is 0 Å². The smallest absolute Gasteiger partial charge is 0.336 e. The van der Waals surface area contributed by atoms with Crippen molar-refractivity contribution in [2.45, 2.75) is 25.1 Å². The number of piperazine rings is 1. The first kappa shape index (κ1) is 14.2. The van der Waals surface area contributed by atoms with Crippen LogP contribution in [0.25, 0.3) is 0 Å². The number of hydrogen-bond donors (Lipinski definition) is 1. The number of nitrogens with two attached hydrogens (primary N) is 1. The van der Waals surface area contributed by atoms with Crippen molar-refractivity contribution >= 4 is 5.91 Å². The van der Waals surface area contributed by atoms with Gasteiger partial charge in [0.15, 0.2) is 0 Å². The molecule has 4 nitrogen and oxygen atoms in total. The molecule has 1 atom stereocenters.